The zero-order chi connectivity index (χ0) is 19.2. The smallest absolute Gasteiger partial charge is 0.422 e. The molecule has 2 rings (SSSR count). The minimum absolute atomic E-state index is 0.125. The van der Waals surface area contributed by atoms with E-state index in [4.69, 9.17) is 4.74 Å². The number of hydrogen-bond donors (Lipinski definition) is 1. The minimum Gasteiger partial charge on any atom is -0.483 e. The molecule has 2 aromatic rings. The number of rotatable bonds is 7. The van der Waals surface area contributed by atoms with Gasteiger partial charge in [0.2, 0.25) is 5.88 Å². The number of alkyl halides is 3. The number of carbonyl (C=O) groups excluding carboxylic acids is 1. The molecule has 5 nitrogen and oxygen atoms in total. The number of benzene rings is 1. The summed E-state index contributed by atoms with van der Waals surface area (Å²) in [7, 11) is 0. The molecule has 1 N–H and O–H groups in total. The van der Waals surface area contributed by atoms with Gasteiger partial charge in [-0.05, 0) is 42.7 Å². The van der Waals surface area contributed by atoms with Crippen molar-refractivity contribution in [2.75, 3.05) is 13.2 Å². The molecule has 140 valence electrons. The summed E-state index contributed by atoms with van der Waals surface area (Å²) in [5.41, 5.74) is 2.51. The van der Waals surface area contributed by atoms with Gasteiger partial charge < -0.3 is 14.8 Å². The highest BCUT2D eigenvalue weighted by Crippen LogP contribution is 2.19. The van der Waals surface area contributed by atoms with Gasteiger partial charge in [0.25, 0.3) is 5.91 Å². The first-order valence-electron chi connectivity index (χ1n) is 7.84. The second-order valence-corrected chi connectivity index (χ2v) is 5.74. The molecule has 0 bridgehead atoms. The van der Waals surface area contributed by atoms with E-state index in [1.165, 1.54) is 12.3 Å². The molecular weight excluding hydrogens is 349 g/mol. The molecule has 0 saturated carbocycles. The third-order valence-corrected chi connectivity index (χ3v) is 3.38. The van der Waals surface area contributed by atoms with Gasteiger partial charge in [-0.25, -0.2) is 4.98 Å². The lowest BCUT2D eigenvalue weighted by atomic mass is 10.1. The highest BCUT2D eigenvalue weighted by atomic mass is 19.4. The van der Waals surface area contributed by atoms with Crippen LogP contribution in [0, 0.1) is 13.8 Å². The Labute approximate surface area is 149 Å². The average Bonchev–Trinajstić information content (AvgIpc) is 2.59. The Morgan fingerprint density at radius 1 is 1.15 bits per heavy atom. The summed E-state index contributed by atoms with van der Waals surface area (Å²) < 4.78 is 46.5. The summed E-state index contributed by atoms with van der Waals surface area (Å²) in [5.74, 6) is 0.132. The molecule has 0 atom stereocenters. The Hall–Kier alpha value is -2.77. The quantitative estimate of drug-likeness (QED) is 0.814. The molecule has 0 spiro atoms. The van der Waals surface area contributed by atoms with Gasteiger partial charge >= 0.3 is 6.18 Å². The maximum Gasteiger partial charge on any atom is 0.422 e. The number of pyridine rings is 1. The van der Waals surface area contributed by atoms with Gasteiger partial charge in [-0.2, -0.15) is 13.2 Å². The summed E-state index contributed by atoms with van der Waals surface area (Å²) in [6.45, 7) is 2.35. The van der Waals surface area contributed by atoms with Crippen molar-refractivity contribution < 1.29 is 27.4 Å². The van der Waals surface area contributed by atoms with Crippen LogP contribution in [0.2, 0.25) is 0 Å². The number of ether oxygens (including phenoxy) is 2. The standard InChI is InChI=1S/C18H19F3N2O3/c1-12-3-4-13(2)15(7-12)25-10-16(24)23-9-14-5-6-22-17(8-14)26-11-18(19,20)21/h3-8H,9-11H2,1-2H3,(H,23,24). The molecule has 1 amide bonds. The van der Waals surface area contributed by atoms with Crippen LogP contribution in [-0.2, 0) is 11.3 Å². The third-order valence-electron chi connectivity index (χ3n) is 3.38. The number of nitrogens with zero attached hydrogens (tertiary/aromatic N) is 1. The van der Waals surface area contributed by atoms with Crippen molar-refractivity contribution in [2.45, 2.75) is 26.6 Å². The topological polar surface area (TPSA) is 60.5 Å². The van der Waals surface area contributed by atoms with Gasteiger partial charge in [0.1, 0.15) is 5.75 Å². The van der Waals surface area contributed by atoms with Gasteiger partial charge in [-0.15, -0.1) is 0 Å². The number of hydrogen-bond acceptors (Lipinski definition) is 4. The number of halogens is 3. The average molecular weight is 368 g/mol. The Kier molecular flexibility index (Phi) is 6.43. The van der Waals surface area contributed by atoms with Crippen molar-refractivity contribution in [3.63, 3.8) is 0 Å². The molecule has 0 aliphatic heterocycles. The van der Waals surface area contributed by atoms with E-state index in [2.05, 4.69) is 15.0 Å². The molecule has 0 aliphatic rings. The van der Waals surface area contributed by atoms with Crippen LogP contribution in [0.25, 0.3) is 0 Å². The van der Waals surface area contributed by atoms with Gasteiger partial charge in [0.15, 0.2) is 13.2 Å². The van der Waals surface area contributed by atoms with Crippen molar-refractivity contribution in [1.82, 2.24) is 10.3 Å². The van der Waals surface area contributed by atoms with E-state index < -0.39 is 12.8 Å². The van der Waals surface area contributed by atoms with Crippen LogP contribution in [-0.4, -0.2) is 30.3 Å². The highest BCUT2D eigenvalue weighted by molar-refractivity contribution is 5.77. The maximum atomic E-state index is 12.2. The first-order valence-corrected chi connectivity index (χ1v) is 7.84. The number of aromatic nitrogens is 1. The van der Waals surface area contributed by atoms with Crippen molar-refractivity contribution in [3.05, 3.63) is 53.2 Å². The molecule has 0 fully saturated rings. The lowest BCUT2D eigenvalue weighted by molar-refractivity contribution is -0.154. The summed E-state index contributed by atoms with van der Waals surface area (Å²) in [6.07, 6.45) is -3.11. The van der Waals surface area contributed by atoms with E-state index in [-0.39, 0.29) is 24.9 Å². The second kappa shape index (κ2) is 8.55. The molecule has 8 heteroatoms. The Morgan fingerprint density at radius 2 is 1.92 bits per heavy atom. The summed E-state index contributed by atoms with van der Waals surface area (Å²) in [5, 5.41) is 2.63. The van der Waals surface area contributed by atoms with Crippen LogP contribution in [0.5, 0.6) is 11.6 Å². The number of carbonyl (C=O) groups is 1. The van der Waals surface area contributed by atoms with Crippen LogP contribution in [0.3, 0.4) is 0 Å². The lowest BCUT2D eigenvalue weighted by Crippen LogP contribution is -2.28. The van der Waals surface area contributed by atoms with Crippen molar-refractivity contribution in [1.29, 1.82) is 0 Å². The number of aryl methyl sites for hydroxylation is 2. The van der Waals surface area contributed by atoms with Gasteiger partial charge in [-0.1, -0.05) is 12.1 Å². The zero-order valence-electron chi connectivity index (χ0n) is 14.4. The lowest BCUT2D eigenvalue weighted by Gasteiger charge is -2.11. The van der Waals surface area contributed by atoms with Gasteiger partial charge in [0.05, 0.1) is 0 Å². The molecule has 0 radical (unpaired) electrons. The van der Waals surface area contributed by atoms with Crippen molar-refractivity contribution >= 4 is 5.91 Å². The summed E-state index contributed by atoms with van der Waals surface area (Å²) >= 11 is 0. The summed E-state index contributed by atoms with van der Waals surface area (Å²) in [6, 6.07) is 8.62. The molecule has 0 saturated heterocycles. The fraction of sp³-hybridized carbons (Fsp3) is 0.333. The highest BCUT2D eigenvalue weighted by Gasteiger charge is 2.28. The van der Waals surface area contributed by atoms with Crippen LogP contribution in [0.15, 0.2) is 36.5 Å². The zero-order valence-corrected chi connectivity index (χ0v) is 14.4. The number of amides is 1. The molecule has 1 heterocycles. The second-order valence-electron chi connectivity index (χ2n) is 5.74. The predicted octanol–water partition coefficient (Wildman–Crippen LogP) is 3.33. The molecule has 0 unspecified atom stereocenters. The van der Waals surface area contributed by atoms with Crippen LogP contribution < -0.4 is 14.8 Å². The van der Waals surface area contributed by atoms with Crippen molar-refractivity contribution in [3.8, 4) is 11.6 Å². The predicted molar refractivity (Wildman–Crippen MR) is 89.0 cm³/mol. The number of nitrogens with one attached hydrogen (secondary N) is 1. The van der Waals surface area contributed by atoms with E-state index in [0.717, 1.165) is 11.1 Å². The molecule has 1 aromatic heterocycles. The molecule has 0 aliphatic carbocycles. The van der Waals surface area contributed by atoms with E-state index >= 15 is 0 Å². The van der Waals surface area contributed by atoms with Gasteiger partial charge in [-0.3, -0.25) is 4.79 Å². The molecule has 1 aromatic carbocycles. The molecular formula is C18H19F3N2O3. The normalized spacial score (nSPS) is 11.1. The Balaban J connectivity index is 1.82. The van der Waals surface area contributed by atoms with Crippen LogP contribution in [0.1, 0.15) is 16.7 Å². The van der Waals surface area contributed by atoms with E-state index in [1.807, 2.05) is 32.0 Å². The molecule has 26 heavy (non-hydrogen) atoms. The first kappa shape index (κ1) is 19.6. The Bertz CT molecular complexity index is 764. The van der Waals surface area contributed by atoms with E-state index in [9.17, 15) is 18.0 Å². The Morgan fingerprint density at radius 3 is 2.65 bits per heavy atom. The first-order chi connectivity index (χ1) is 12.2. The minimum atomic E-state index is -4.43. The van der Waals surface area contributed by atoms with Crippen molar-refractivity contribution in [2.24, 2.45) is 0 Å². The van der Waals surface area contributed by atoms with E-state index in [1.54, 1.807) is 6.07 Å². The SMILES string of the molecule is Cc1ccc(C)c(OCC(=O)NCc2ccnc(OCC(F)(F)F)c2)c1. The van der Waals surface area contributed by atoms with Gasteiger partial charge in [0, 0.05) is 18.8 Å². The van der Waals surface area contributed by atoms with E-state index in [0.29, 0.717) is 11.3 Å². The summed E-state index contributed by atoms with van der Waals surface area (Å²) in [4.78, 5) is 15.6. The van der Waals surface area contributed by atoms with Crippen LogP contribution >= 0.6 is 0 Å². The fourth-order valence-electron chi connectivity index (χ4n) is 2.05. The monoisotopic (exact) mass is 368 g/mol. The third kappa shape index (κ3) is 6.62. The largest absolute Gasteiger partial charge is 0.483 e. The van der Waals surface area contributed by atoms with Crippen LogP contribution in [0.4, 0.5) is 13.2 Å². The fourth-order valence-corrected chi connectivity index (χ4v) is 2.05. The maximum absolute atomic E-state index is 12.2.